The van der Waals surface area contributed by atoms with Crippen molar-refractivity contribution in [2.75, 3.05) is 13.6 Å². The van der Waals surface area contributed by atoms with Gasteiger partial charge in [-0.05, 0) is 31.7 Å². The zero-order valence-corrected chi connectivity index (χ0v) is 9.80. The quantitative estimate of drug-likeness (QED) is 0.801. The summed E-state index contributed by atoms with van der Waals surface area (Å²) in [5.41, 5.74) is 0. The molecular weight excluding hydrogens is 220 g/mol. The van der Waals surface area contributed by atoms with E-state index in [1.807, 2.05) is 11.9 Å². The summed E-state index contributed by atoms with van der Waals surface area (Å²) in [6.45, 7) is 1.25. The molecule has 2 aliphatic rings. The first kappa shape index (κ1) is 10.7. The van der Waals surface area contributed by atoms with Gasteiger partial charge < -0.3 is 14.6 Å². The van der Waals surface area contributed by atoms with Crippen molar-refractivity contribution in [3.05, 3.63) is 12.3 Å². The molecule has 6 heteroatoms. The van der Waals surface area contributed by atoms with Gasteiger partial charge in [0.15, 0.2) is 0 Å². The van der Waals surface area contributed by atoms with Crippen LogP contribution in [0.25, 0.3) is 0 Å². The second kappa shape index (κ2) is 4.10. The van der Waals surface area contributed by atoms with Crippen LogP contribution in [0.2, 0.25) is 0 Å². The van der Waals surface area contributed by atoms with Crippen molar-refractivity contribution < 1.29 is 9.21 Å². The third-order valence-corrected chi connectivity index (χ3v) is 3.75. The summed E-state index contributed by atoms with van der Waals surface area (Å²) in [6, 6.07) is -0.0598. The average molecular weight is 236 g/mol. The lowest BCUT2D eigenvalue weighted by atomic mass is 10.1. The monoisotopic (exact) mass is 236 g/mol. The van der Waals surface area contributed by atoms with Crippen molar-refractivity contribution in [2.45, 2.75) is 25.4 Å². The fourth-order valence-electron chi connectivity index (χ4n) is 2.63. The van der Waals surface area contributed by atoms with E-state index in [4.69, 9.17) is 4.42 Å². The molecule has 1 aromatic rings. The number of rotatable bonds is 3. The van der Waals surface area contributed by atoms with Crippen LogP contribution in [0.3, 0.4) is 0 Å². The smallest absolute Gasteiger partial charge is 0.240 e. The molecule has 3 rings (SSSR count). The predicted molar refractivity (Wildman–Crippen MR) is 58.8 cm³/mol. The largest absolute Gasteiger partial charge is 0.426 e. The summed E-state index contributed by atoms with van der Waals surface area (Å²) in [5.74, 6) is 2.04. The number of aromatic nitrogens is 2. The van der Waals surface area contributed by atoms with Crippen LogP contribution >= 0.6 is 0 Å². The van der Waals surface area contributed by atoms with Crippen molar-refractivity contribution in [2.24, 2.45) is 11.8 Å². The molecule has 92 valence electrons. The van der Waals surface area contributed by atoms with Gasteiger partial charge in [-0.25, -0.2) is 0 Å². The SMILES string of the molecule is CNC1CC2CC2CN(Cc2nnco2)C1=O. The summed E-state index contributed by atoms with van der Waals surface area (Å²) >= 11 is 0. The average Bonchev–Trinajstić information content (AvgIpc) is 2.86. The van der Waals surface area contributed by atoms with Crippen LogP contribution < -0.4 is 5.32 Å². The number of nitrogens with one attached hydrogen (secondary N) is 1. The Bertz CT molecular complexity index is 406. The molecule has 1 N–H and O–H groups in total. The van der Waals surface area contributed by atoms with Crippen LogP contribution in [0.5, 0.6) is 0 Å². The Labute approximate surface area is 99.4 Å². The zero-order chi connectivity index (χ0) is 11.8. The number of hydrogen-bond donors (Lipinski definition) is 1. The van der Waals surface area contributed by atoms with Gasteiger partial charge in [0, 0.05) is 6.54 Å². The molecule has 1 aromatic heterocycles. The molecule has 3 unspecified atom stereocenters. The number of fused-ring (bicyclic) bond motifs is 1. The number of nitrogens with zero attached hydrogens (tertiary/aromatic N) is 3. The maximum absolute atomic E-state index is 12.2. The molecule has 0 aromatic carbocycles. The highest BCUT2D eigenvalue weighted by Gasteiger charge is 2.45. The van der Waals surface area contributed by atoms with Crippen LogP contribution in [-0.2, 0) is 11.3 Å². The highest BCUT2D eigenvalue weighted by Crippen LogP contribution is 2.44. The summed E-state index contributed by atoms with van der Waals surface area (Å²) in [6.07, 6.45) is 3.50. The number of likely N-dealkylation sites (tertiary alicyclic amines) is 1. The topological polar surface area (TPSA) is 71.3 Å². The molecule has 2 fully saturated rings. The fourth-order valence-corrected chi connectivity index (χ4v) is 2.63. The van der Waals surface area contributed by atoms with Crippen LogP contribution in [-0.4, -0.2) is 40.6 Å². The first-order valence-electron chi connectivity index (χ1n) is 5.99. The Morgan fingerprint density at radius 3 is 3.12 bits per heavy atom. The lowest BCUT2D eigenvalue weighted by Gasteiger charge is -2.23. The van der Waals surface area contributed by atoms with E-state index in [9.17, 15) is 4.79 Å². The second-order valence-corrected chi connectivity index (χ2v) is 4.88. The molecule has 2 heterocycles. The number of hydrogen-bond acceptors (Lipinski definition) is 5. The molecule has 1 saturated carbocycles. The molecule has 3 atom stereocenters. The number of amides is 1. The molecule has 1 amide bonds. The molecule has 6 nitrogen and oxygen atoms in total. The first-order valence-corrected chi connectivity index (χ1v) is 5.99. The Morgan fingerprint density at radius 2 is 2.41 bits per heavy atom. The van der Waals surface area contributed by atoms with E-state index in [1.54, 1.807) is 0 Å². The minimum atomic E-state index is -0.0598. The number of carbonyl (C=O) groups is 1. The van der Waals surface area contributed by atoms with Crippen LogP contribution in [0, 0.1) is 11.8 Å². The third kappa shape index (κ3) is 2.04. The molecule has 1 aliphatic carbocycles. The lowest BCUT2D eigenvalue weighted by molar-refractivity contribution is -0.134. The van der Waals surface area contributed by atoms with E-state index >= 15 is 0 Å². The van der Waals surface area contributed by atoms with Crippen LogP contribution in [0.15, 0.2) is 10.8 Å². The van der Waals surface area contributed by atoms with Gasteiger partial charge in [0.25, 0.3) is 0 Å². The van der Waals surface area contributed by atoms with Crippen molar-refractivity contribution >= 4 is 5.91 Å². The molecule has 1 aliphatic heterocycles. The van der Waals surface area contributed by atoms with Gasteiger partial charge in [0.2, 0.25) is 18.2 Å². The van der Waals surface area contributed by atoms with E-state index in [0.717, 1.165) is 13.0 Å². The Balaban J connectivity index is 1.74. The molecule has 1 saturated heterocycles. The van der Waals surface area contributed by atoms with E-state index < -0.39 is 0 Å². The van der Waals surface area contributed by atoms with Crippen LogP contribution in [0.4, 0.5) is 0 Å². The maximum Gasteiger partial charge on any atom is 0.240 e. The van der Waals surface area contributed by atoms with E-state index in [-0.39, 0.29) is 11.9 Å². The molecule has 17 heavy (non-hydrogen) atoms. The highest BCUT2D eigenvalue weighted by molar-refractivity contribution is 5.82. The number of carbonyl (C=O) groups excluding carboxylic acids is 1. The zero-order valence-electron chi connectivity index (χ0n) is 9.80. The molecule has 0 bridgehead atoms. The van der Waals surface area contributed by atoms with Gasteiger partial charge in [-0.1, -0.05) is 0 Å². The van der Waals surface area contributed by atoms with E-state index in [1.165, 1.54) is 12.8 Å². The summed E-state index contributed by atoms with van der Waals surface area (Å²) in [7, 11) is 1.84. The summed E-state index contributed by atoms with van der Waals surface area (Å²) < 4.78 is 5.11. The lowest BCUT2D eigenvalue weighted by Crippen LogP contribution is -2.44. The van der Waals surface area contributed by atoms with Gasteiger partial charge in [-0.15, -0.1) is 10.2 Å². The fraction of sp³-hybridized carbons (Fsp3) is 0.727. The maximum atomic E-state index is 12.2. The standard InChI is InChI=1S/C11H16N4O2/c1-12-9-3-7-2-8(7)4-15(11(9)16)5-10-14-13-6-17-10/h6-9,12H,2-5H2,1H3. The van der Waals surface area contributed by atoms with Gasteiger partial charge in [0.1, 0.15) is 0 Å². The van der Waals surface area contributed by atoms with E-state index in [2.05, 4.69) is 15.5 Å². The Kier molecular flexibility index (Phi) is 2.58. The normalized spacial score (nSPS) is 32.2. The predicted octanol–water partition coefficient (Wildman–Crippen LogP) is 0.0260. The van der Waals surface area contributed by atoms with Gasteiger partial charge in [-0.2, -0.15) is 0 Å². The number of likely N-dealkylation sites (N-methyl/N-ethyl adjacent to an activating group) is 1. The highest BCUT2D eigenvalue weighted by atomic mass is 16.4. The van der Waals surface area contributed by atoms with Gasteiger partial charge in [-0.3, -0.25) is 4.79 Å². The molecular formula is C11H16N4O2. The van der Waals surface area contributed by atoms with E-state index in [0.29, 0.717) is 24.3 Å². The van der Waals surface area contributed by atoms with Gasteiger partial charge in [0.05, 0.1) is 12.6 Å². The second-order valence-electron chi connectivity index (χ2n) is 4.88. The Morgan fingerprint density at radius 1 is 1.53 bits per heavy atom. The first-order chi connectivity index (χ1) is 8.28. The Hall–Kier alpha value is -1.43. The van der Waals surface area contributed by atoms with Crippen molar-refractivity contribution in [1.82, 2.24) is 20.4 Å². The summed E-state index contributed by atoms with van der Waals surface area (Å²) in [5, 5.41) is 10.6. The van der Waals surface area contributed by atoms with Gasteiger partial charge >= 0.3 is 0 Å². The van der Waals surface area contributed by atoms with Crippen molar-refractivity contribution in [3.63, 3.8) is 0 Å². The molecule has 0 spiro atoms. The van der Waals surface area contributed by atoms with Crippen molar-refractivity contribution in [1.29, 1.82) is 0 Å². The van der Waals surface area contributed by atoms with Crippen molar-refractivity contribution in [3.8, 4) is 0 Å². The minimum Gasteiger partial charge on any atom is -0.426 e. The summed E-state index contributed by atoms with van der Waals surface area (Å²) in [4.78, 5) is 14.1. The third-order valence-electron chi connectivity index (χ3n) is 3.75. The minimum absolute atomic E-state index is 0.0598. The molecule has 0 radical (unpaired) electrons. The van der Waals surface area contributed by atoms with Crippen LogP contribution in [0.1, 0.15) is 18.7 Å².